The van der Waals surface area contributed by atoms with Crippen molar-refractivity contribution in [2.24, 2.45) is 0 Å². The van der Waals surface area contributed by atoms with Gasteiger partial charge in [-0.05, 0) is 53.2 Å². The Morgan fingerprint density at radius 2 is 1.71 bits per heavy atom. The highest BCUT2D eigenvalue weighted by Crippen LogP contribution is 2.28. The minimum Gasteiger partial charge on any atom is -0.492 e. The quantitative estimate of drug-likeness (QED) is 0.617. The second-order valence-electron chi connectivity index (χ2n) is 4.92. The molecule has 0 saturated carbocycles. The zero-order chi connectivity index (χ0) is 16.8. The molecule has 1 aromatic heterocycles. The first-order chi connectivity index (χ1) is 11.8. The molecule has 0 spiro atoms. The molecular weight excluding hydrogens is 368 g/mol. The van der Waals surface area contributed by atoms with Gasteiger partial charge in [0.25, 0.3) is 0 Å². The first-order valence-electron chi connectivity index (χ1n) is 7.59. The van der Waals surface area contributed by atoms with Gasteiger partial charge >= 0.3 is 0 Å². The lowest BCUT2D eigenvalue weighted by atomic mass is 10.3. The summed E-state index contributed by atoms with van der Waals surface area (Å²) in [5.74, 6) is 1.99. The number of hydrogen-bond donors (Lipinski definition) is 2. The summed E-state index contributed by atoms with van der Waals surface area (Å²) in [4.78, 5) is 8.76. The number of rotatable bonds is 6. The third kappa shape index (κ3) is 4.02. The van der Waals surface area contributed by atoms with Crippen molar-refractivity contribution in [3.05, 3.63) is 65.3 Å². The lowest BCUT2D eigenvalue weighted by molar-refractivity contribution is 0.342. The fourth-order valence-corrected chi connectivity index (χ4v) is 2.54. The Balaban J connectivity index is 1.80. The molecule has 3 rings (SSSR count). The second kappa shape index (κ2) is 7.79. The summed E-state index contributed by atoms with van der Waals surface area (Å²) in [5, 5.41) is 6.47. The lowest BCUT2D eigenvalue weighted by Crippen LogP contribution is -2.02. The van der Waals surface area contributed by atoms with Gasteiger partial charge < -0.3 is 15.4 Å². The Morgan fingerprint density at radius 3 is 2.50 bits per heavy atom. The Hall–Kier alpha value is -2.60. The van der Waals surface area contributed by atoms with E-state index in [0.29, 0.717) is 18.4 Å². The van der Waals surface area contributed by atoms with Crippen LogP contribution in [-0.2, 0) is 0 Å². The Bertz CT molecular complexity index is 825. The van der Waals surface area contributed by atoms with Crippen molar-refractivity contribution < 1.29 is 4.74 Å². The van der Waals surface area contributed by atoms with Gasteiger partial charge in [-0.2, -0.15) is 4.98 Å². The molecule has 6 heteroatoms. The number of halogens is 1. The molecule has 0 aliphatic carbocycles. The van der Waals surface area contributed by atoms with Crippen molar-refractivity contribution in [2.75, 3.05) is 17.2 Å². The maximum atomic E-state index is 5.62. The number of ether oxygens (including phenoxy) is 1. The van der Waals surface area contributed by atoms with E-state index in [4.69, 9.17) is 4.74 Å². The molecule has 0 saturated heterocycles. The predicted octanol–water partition coefficient (Wildman–Crippen LogP) is 5.13. The topological polar surface area (TPSA) is 59.1 Å². The SMILES string of the molecule is CCOc1ccccc1Nc1ccnc(Nc2ccccc2Br)n1. The monoisotopic (exact) mass is 384 g/mol. The van der Waals surface area contributed by atoms with E-state index in [-0.39, 0.29) is 0 Å². The molecule has 0 fully saturated rings. The van der Waals surface area contributed by atoms with E-state index in [1.54, 1.807) is 6.20 Å². The molecule has 0 radical (unpaired) electrons. The highest BCUT2D eigenvalue weighted by atomic mass is 79.9. The van der Waals surface area contributed by atoms with E-state index in [1.165, 1.54) is 0 Å². The zero-order valence-electron chi connectivity index (χ0n) is 13.2. The van der Waals surface area contributed by atoms with Crippen molar-refractivity contribution in [2.45, 2.75) is 6.92 Å². The molecule has 0 aliphatic heterocycles. The first kappa shape index (κ1) is 16.3. The first-order valence-corrected chi connectivity index (χ1v) is 8.39. The molecule has 122 valence electrons. The number of nitrogens with zero attached hydrogens (tertiary/aromatic N) is 2. The molecule has 24 heavy (non-hydrogen) atoms. The average molecular weight is 385 g/mol. The number of anilines is 4. The van der Waals surface area contributed by atoms with Crippen LogP contribution in [0.2, 0.25) is 0 Å². The Kier molecular flexibility index (Phi) is 5.28. The summed E-state index contributed by atoms with van der Waals surface area (Å²) in [6, 6.07) is 17.4. The van der Waals surface area contributed by atoms with E-state index < -0.39 is 0 Å². The molecular formula is C18H17BrN4O. The summed E-state index contributed by atoms with van der Waals surface area (Å²) in [5.41, 5.74) is 1.77. The fourth-order valence-electron chi connectivity index (χ4n) is 2.16. The number of benzene rings is 2. The van der Waals surface area contributed by atoms with Crippen LogP contribution >= 0.6 is 15.9 Å². The van der Waals surface area contributed by atoms with Crippen LogP contribution in [0.5, 0.6) is 5.75 Å². The van der Waals surface area contributed by atoms with Gasteiger partial charge in [0.2, 0.25) is 5.95 Å². The van der Waals surface area contributed by atoms with Gasteiger partial charge in [-0.1, -0.05) is 24.3 Å². The molecule has 0 unspecified atom stereocenters. The molecule has 2 N–H and O–H groups in total. The van der Waals surface area contributed by atoms with Gasteiger partial charge in [0.15, 0.2) is 0 Å². The van der Waals surface area contributed by atoms with E-state index in [0.717, 1.165) is 21.6 Å². The number of nitrogens with one attached hydrogen (secondary N) is 2. The average Bonchev–Trinajstić information content (AvgIpc) is 2.59. The minimum absolute atomic E-state index is 0.515. The van der Waals surface area contributed by atoms with Crippen LogP contribution in [0.3, 0.4) is 0 Å². The van der Waals surface area contributed by atoms with Gasteiger partial charge in [0, 0.05) is 10.7 Å². The van der Waals surface area contributed by atoms with Crippen LogP contribution in [-0.4, -0.2) is 16.6 Å². The molecule has 0 aliphatic rings. The molecule has 2 aromatic carbocycles. The Morgan fingerprint density at radius 1 is 0.958 bits per heavy atom. The molecule has 0 bridgehead atoms. The highest BCUT2D eigenvalue weighted by Gasteiger charge is 2.06. The Labute approximate surface area is 149 Å². The summed E-state index contributed by atoms with van der Waals surface area (Å²) >= 11 is 3.50. The largest absolute Gasteiger partial charge is 0.492 e. The summed E-state index contributed by atoms with van der Waals surface area (Å²) in [6.45, 7) is 2.57. The molecule has 1 heterocycles. The zero-order valence-corrected chi connectivity index (χ0v) is 14.7. The smallest absolute Gasteiger partial charge is 0.229 e. The predicted molar refractivity (Wildman–Crippen MR) is 100 cm³/mol. The molecule has 5 nitrogen and oxygen atoms in total. The van der Waals surface area contributed by atoms with Crippen molar-refractivity contribution >= 4 is 39.1 Å². The van der Waals surface area contributed by atoms with Gasteiger partial charge in [0.1, 0.15) is 11.6 Å². The second-order valence-corrected chi connectivity index (χ2v) is 5.78. The standard InChI is InChI=1S/C18H17BrN4O/c1-2-24-16-10-6-5-9-15(16)21-17-11-12-20-18(23-17)22-14-8-4-3-7-13(14)19/h3-12H,2H2,1H3,(H2,20,21,22,23). The van der Waals surface area contributed by atoms with Crippen molar-refractivity contribution in [1.82, 2.24) is 9.97 Å². The lowest BCUT2D eigenvalue weighted by Gasteiger charge is -2.12. The number of aromatic nitrogens is 2. The summed E-state index contributed by atoms with van der Waals surface area (Å²) in [6.07, 6.45) is 1.71. The van der Waals surface area contributed by atoms with Crippen molar-refractivity contribution in [3.63, 3.8) is 0 Å². The van der Waals surface area contributed by atoms with Crippen molar-refractivity contribution in [3.8, 4) is 5.75 Å². The minimum atomic E-state index is 0.515. The number of para-hydroxylation sites is 3. The van der Waals surface area contributed by atoms with E-state index in [1.807, 2.05) is 61.5 Å². The van der Waals surface area contributed by atoms with Gasteiger partial charge in [-0.15, -0.1) is 0 Å². The van der Waals surface area contributed by atoms with Crippen LogP contribution in [0, 0.1) is 0 Å². The van der Waals surface area contributed by atoms with Gasteiger partial charge in [0.05, 0.1) is 18.0 Å². The van der Waals surface area contributed by atoms with E-state index in [2.05, 4.69) is 36.5 Å². The van der Waals surface area contributed by atoms with E-state index >= 15 is 0 Å². The number of hydrogen-bond acceptors (Lipinski definition) is 5. The van der Waals surface area contributed by atoms with Crippen molar-refractivity contribution in [1.29, 1.82) is 0 Å². The molecule has 3 aromatic rings. The van der Waals surface area contributed by atoms with E-state index in [9.17, 15) is 0 Å². The van der Waals surface area contributed by atoms with Crippen LogP contribution in [0.1, 0.15) is 6.92 Å². The maximum absolute atomic E-state index is 5.62. The van der Waals surface area contributed by atoms with Crippen LogP contribution in [0.4, 0.5) is 23.1 Å². The summed E-state index contributed by atoms with van der Waals surface area (Å²) in [7, 11) is 0. The normalized spacial score (nSPS) is 10.2. The van der Waals surface area contributed by atoms with Gasteiger partial charge in [-0.3, -0.25) is 0 Å². The van der Waals surface area contributed by atoms with Gasteiger partial charge in [-0.25, -0.2) is 4.98 Å². The highest BCUT2D eigenvalue weighted by molar-refractivity contribution is 9.10. The fraction of sp³-hybridized carbons (Fsp3) is 0.111. The van der Waals surface area contributed by atoms with Crippen LogP contribution in [0.25, 0.3) is 0 Å². The summed E-state index contributed by atoms with van der Waals surface area (Å²) < 4.78 is 6.58. The maximum Gasteiger partial charge on any atom is 0.229 e. The third-order valence-corrected chi connectivity index (χ3v) is 3.92. The molecule has 0 amide bonds. The van der Waals surface area contributed by atoms with Crippen LogP contribution in [0.15, 0.2) is 65.3 Å². The van der Waals surface area contributed by atoms with Crippen LogP contribution < -0.4 is 15.4 Å². The molecule has 0 atom stereocenters. The third-order valence-electron chi connectivity index (χ3n) is 3.23.